The summed E-state index contributed by atoms with van der Waals surface area (Å²) in [5.74, 6) is -7.51. The average Bonchev–Trinajstić information content (AvgIpc) is 2.10. The Balaban J connectivity index is 5.09. The fourth-order valence-electron chi connectivity index (χ4n) is 0.815. The lowest BCUT2D eigenvalue weighted by molar-refractivity contribution is -0.190. The molecule has 0 aromatic carbocycles. The van der Waals surface area contributed by atoms with E-state index < -0.39 is 42.5 Å². The minimum atomic E-state index is -3.09. The van der Waals surface area contributed by atoms with Crippen LogP contribution < -0.4 is 0 Å². The number of ether oxygens (including phenoxy) is 1. The summed E-state index contributed by atoms with van der Waals surface area (Å²) >= 11 is 0. The van der Waals surface area contributed by atoms with Crippen LogP contribution in [0.2, 0.25) is 0 Å². The zero-order valence-electron chi connectivity index (χ0n) is 7.74. The van der Waals surface area contributed by atoms with Gasteiger partial charge in [-0.1, -0.05) is 0 Å². The highest BCUT2D eigenvalue weighted by molar-refractivity contribution is 6.05. The highest BCUT2D eigenvalue weighted by Gasteiger charge is 2.50. The van der Waals surface area contributed by atoms with Crippen LogP contribution in [0.3, 0.4) is 0 Å². The van der Waals surface area contributed by atoms with Gasteiger partial charge in [0, 0.05) is 0 Å². The van der Waals surface area contributed by atoms with Crippen molar-refractivity contribution in [2.45, 2.75) is 12.0 Å². The fourth-order valence-corrected chi connectivity index (χ4v) is 0.815. The van der Waals surface area contributed by atoms with Crippen molar-refractivity contribution < 1.29 is 44.3 Å². The number of carboxylic acids is 4. The maximum atomic E-state index is 10.6. The standard InChI is InChI=1S/C7H8O9/c8-3(9)1-7(5(12)13,6(14)15)16-2-4(10)11/h1-2H2,(H,8,9)(H,10,11)(H,12,13)(H,14,15). The topological polar surface area (TPSA) is 158 Å². The van der Waals surface area contributed by atoms with Crippen LogP contribution in [-0.2, 0) is 23.9 Å². The van der Waals surface area contributed by atoms with Crippen LogP contribution in [0.5, 0.6) is 0 Å². The maximum absolute atomic E-state index is 10.6. The van der Waals surface area contributed by atoms with Crippen LogP contribution in [-0.4, -0.2) is 56.5 Å². The van der Waals surface area contributed by atoms with E-state index in [1.54, 1.807) is 0 Å². The molecule has 0 radical (unpaired) electrons. The zero-order chi connectivity index (χ0) is 12.9. The first kappa shape index (κ1) is 13.8. The lowest BCUT2D eigenvalue weighted by Gasteiger charge is -2.22. The van der Waals surface area contributed by atoms with Gasteiger partial charge in [0.05, 0.1) is 6.42 Å². The molecule has 0 bridgehead atoms. The van der Waals surface area contributed by atoms with Gasteiger partial charge in [-0.3, -0.25) is 4.79 Å². The maximum Gasteiger partial charge on any atom is 0.348 e. The predicted molar refractivity (Wildman–Crippen MR) is 43.8 cm³/mol. The van der Waals surface area contributed by atoms with Gasteiger partial charge in [-0.2, -0.15) is 0 Å². The number of hydrogen-bond donors (Lipinski definition) is 4. The van der Waals surface area contributed by atoms with Gasteiger partial charge in [0.15, 0.2) is 0 Å². The quantitative estimate of drug-likeness (QED) is 0.384. The minimum absolute atomic E-state index is 1.23. The number of aliphatic carboxylic acids is 4. The molecule has 90 valence electrons. The molecule has 4 N–H and O–H groups in total. The molecule has 0 unspecified atom stereocenters. The lowest BCUT2D eigenvalue weighted by atomic mass is 10.00. The average molecular weight is 236 g/mol. The van der Waals surface area contributed by atoms with E-state index in [1.165, 1.54) is 0 Å². The SMILES string of the molecule is O=C(O)COC(CC(=O)O)(C(=O)O)C(=O)O. The lowest BCUT2D eigenvalue weighted by Crippen LogP contribution is -2.51. The van der Waals surface area contributed by atoms with E-state index in [1.807, 2.05) is 0 Å². The molecular formula is C7H8O9. The second-order valence-electron chi connectivity index (χ2n) is 2.69. The van der Waals surface area contributed by atoms with E-state index in [9.17, 15) is 19.2 Å². The van der Waals surface area contributed by atoms with E-state index in [2.05, 4.69) is 4.74 Å². The molecule has 0 atom stereocenters. The second-order valence-corrected chi connectivity index (χ2v) is 2.69. The van der Waals surface area contributed by atoms with E-state index in [0.717, 1.165) is 0 Å². The molecule has 0 saturated heterocycles. The Labute approximate surface area is 87.9 Å². The fraction of sp³-hybridized carbons (Fsp3) is 0.429. The molecule has 0 aromatic rings. The van der Waals surface area contributed by atoms with Crippen LogP contribution in [0.4, 0.5) is 0 Å². The summed E-state index contributed by atoms with van der Waals surface area (Å²) in [7, 11) is 0. The number of rotatable bonds is 7. The predicted octanol–water partition coefficient (Wildman–Crippen LogP) is -1.53. The van der Waals surface area contributed by atoms with Crippen molar-refractivity contribution in [2.24, 2.45) is 0 Å². The highest BCUT2D eigenvalue weighted by atomic mass is 16.6. The van der Waals surface area contributed by atoms with E-state index in [-0.39, 0.29) is 0 Å². The summed E-state index contributed by atoms with van der Waals surface area (Å²) in [6.45, 7) is -1.23. The number of hydrogen-bond acceptors (Lipinski definition) is 5. The van der Waals surface area contributed by atoms with Crippen LogP contribution in [0.1, 0.15) is 6.42 Å². The summed E-state index contributed by atoms with van der Waals surface area (Å²) < 4.78 is 4.15. The van der Waals surface area contributed by atoms with Gasteiger partial charge < -0.3 is 25.2 Å². The largest absolute Gasteiger partial charge is 0.481 e. The molecule has 0 aliphatic carbocycles. The summed E-state index contributed by atoms with van der Waals surface area (Å²) in [5, 5.41) is 33.8. The first-order chi connectivity index (χ1) is 7.22. The van der Waals surface area contributed by atoms with Crippen LogP contribution in [0.15, 0.2) is 0 Å². The molecule has 0 aliphatic heterocycles. The van der Waals surface area contributed by atoms with Gasteiger partial charge in [0.25, 0.3) is 5.60 Å². The Morgan fingerprint density at radius 1 is 0.875 bits per heavy atom. The van der Waals surface area contributed by atoms with Crippen LogP contribution >= 0.6 is 0 Å². The van der Waals surface area contributed by atoms with Gasteiger partial charge in [-0.25, -0.2) is 14.4 Å². The van der Waals surface area contributed by atoms with Gasteiger partial charge >= 0.3 is 23.9 Å². The minimum Gasteiger partial charge on any atom is -0.481 e. The van der Waals surface area contributed by atoms with Crippen molar-refractivity contribution in [3.63, 3.8) is 0 Å². The summed E-state index contributed by atoms with van der Waals surface area (Å²) in [6.07, 6.45) is -1.38. The molecule has 0 amide bonds. The van der Waals surface area contributed by atoms with E-state index in [4.69, 9.17) is 20.4 Å². The first-order valence-corrected chi connectivity index (χ1v) is 3.76. The van der Waals surface area contributed by atoms with Crippen molar-refractivity contribution in [1.82, 2.24) is 0 Å². The Morgan fingerprint density at radius 2 is 1.31 bits per heavy atom. The first-order valence-electron chi connectivity index (χ1n) is 3.76. The Bertz CT molecular complexity index is 317. The van der Waals surface area contributed by atoms with Crippen LogP contribution in [0, 0.1) is 0 Å². The Morgan fingerprint density at radius 3 is 1.56 bits per heavy atom. The molecule has 0 rings (SSSR count). The van der Waals surface area contributed by atoms with Crippen molar-refractivity contribution >= 4 is 23.9 Å². The molecule has 9 heteroatoms. The Kier molecular flexibility index (Phi) is 4.39. The third kappa shape index (κ3) is 3.20. The molecule has 0 aromatic heterocycles. The Hall–Kier alpha value is -2.16. The molecule has 16 heavy (non-hydrogen) atoms. The third-order valence-electron chi connectivity index (χ3n) is 1.53. The monoisotopic (exact) mass is 236 g/mol. The number of carboxylic acid groups (broad SMARTS) is 4. The van der Waals surface area contributed by atoms with Gasteiger partial charge in [-0.15, -0.1) is 0 Å². The third-order valence-corrected chi connectivity index (χ3v) is 1.53. The van der Waals surface area contributed by atoms with Crippen molar-refractivity contribution in [3.8, 4) is 0 Å². The summed E-state index contributed by atoms with van der Waals surface area (Å²) in [4.78, 5) is 41.7. The molecule has 9 nitrogen and oxygen atoms in total. The summed E-state index contributed by atoms with van der Waals surface area (Å²) in [5.41, 5.74) is -3.09. The molecule has 0 saturated carbocycles. The molecule has 0 heterocycles. The van der Waals surface area contributed by atoms with E-state index >= 15 is 0 Å². The van der Waals surface area contributed by atoms with Crippen molar-refractivity contribution in [3.05, 3.63) is 0 Å². The molecule has 0 fully saturated rings. The molecular weight excluding hydrogens is 228 g/mol. The normalized spacial score (nSPS) is 10.8. The van der Waals surface area contributed by atoms with Crippen LogP contribution in [0.25, 0.3) is 0 Å². The highest BCUT2D eigenvalue weighted by Crippen LogP contribution is 2.17. The zero-order valence-corrected chi connectivity index (χ0v) is 7.74. The smallest absolute Gasteiger partial charge is 0.348 e. The van der Waals surface area contributed by atoms with Crippen molar-refractivity contribution in [1.29, 1.82) is 0 Å². The van der Waals surface area contributed by atoms with E-state index in [0.29, 0.717) is 0 Å². The van der Waals surface area contributed by atoms with Crippen molar-refractivity contribution in [2.75, 3.05) is 6.61 Å². The molecule has 0 aliphatic rings. The van der Waals surface area contributed by atoms with Gasteiger partial charge in [0.2, 0.25) is 0 Å². The second kappa shape index (κ2) is 5.07. The van der Waals surface area contributed by atoms with Gasteiger partial charge in [0.1, 0.15) is 6.61 Å². The number of carbonyl (C=O) groups is 4. The molecule has 0 spiro atoms. The summed E-state index contributed by atoms with van der Waals surface area (Å²) in [6, 6.07) is 0. The van der Waals surface area contributed by atoms with Gasteiger partial charge in [-0.05, 0) is 0 Å².